The summed E-state index contributed by atoms with van der Waals surface area (Å²) in [7, 11) is 1.92. The van der Waals surface area contributed by atoms with Crippen molar-refractivity contribution in [2.24, 2.45) is 0 Å². The minimum atomic E-state index is -1.38. The van der Waals surface area contributed by atoms with Crippen LogP contribution in [0.1, 0.15) is 26.7 Å². The molecule has 8 N–H and O–H groups in total. The van der Waals surface area contributed by atoms with Gasteiger partial charge in [0.25, 0.3) is 0 Å². The first-order valence-corrected chi connectivity index (χ1v) is 15.4. The number of amides is 2. The molecule has 2 heterocycles. The fourth-order valence-corrected chi connectivity index (χ4v) is 4.86. The van der Waals surface area contributed by atoms with Crippen molar-refractivity contribution in [3.8, 4) is 0 Å². The van der Waals surface area contributed by atoms with Crippen LogP contribution < -0.4 is 10.6 Å². The summed E-state index contributed by atoms with van der Waals surface area (Å²) in [5.41, 5.74) is 0. The SMILES string of the molecule is CC(=O)NC1[C@H](OCCOCCCCN(C)COCCOCCO[C@@H]2OC(CO)[C@H](O)[C@H](O)C2NC(C)=O)OC(CO)[C@H](O)[C@@H]1O. The Morgan fingerprint density at radius 1 is 0.652 bits per heavy atom. The van der Waals surface area contributed by atoms with Crippen molar-refractivity contribution in [2.75, 3.05) is 79.8 Å². The van der Waals surface area contributed by atoms with Gasteiger partial charge in [0.2, 0.25) is 11.8 Å². The molecule has 2 aliphatic rings. The number of aliphatic hydroxyl groups is 6. The number of unbranched alkanes of at least 4 members (excludes halogenated alkanes) is 1. The predicted octanol–water partition coefficient (Wildman–Crippen LogP) is -4.37. The summed E-state index contributed by atoms with van der Waals surface area (Å²) < 4.78 is 38.8. The molecular weight excluding hydrogens is 618 g/mol. The Morgan fingerprint density at radius 2 is 1.09 bits per heavy atom. The second-order valence-electron chi connectivity index (χ2n) is 11.2. The highest BCUT2D eigenvalue weighted by molar-refractivity contribution is 5.73. The largest absolute Gasteiger partial charge is 0.394 e. The average molecular weight is 672 g/mol. The van der Waals surface area contributed by atoms with E-state index in [-0.39, 0.29) is 26.4 Å². The van der Waals surface area contributed by atoms with Gasteiger partial charge in [0.15, 0.2) is 12.6 Å². The lowest BCUT2D eigenvalue weighted by Crippen LogP contribution is -2.64. The predicted molar refractivity (Wildman–Crippen MR) is 157 cm³/mol. The summed E-state index contributed by atoms with van der Waals surface area (Å²) in [6, 6.07) is -2.00. The van der Waals surface area contributed by atoms with Gasteiger partial charge in [-0.2, -0.15) is 0 Å². The standard InChI is InChI=1S/C28H53N3O15/c1-17(34)29-21-25(38)23(36)19(14-32)45-27(21)43-12-10-40-7-5-4-6-31(3)16-42-9-8-41-11-13-44-28-22(30-18(2)35)26(39)24(37)20(15-33)46-28/h19-28,32-33,36-39H,4-16H2,1-3H3,(H,29,34)(H,30,35)/t19?,20?,21?,22?,23-,24-,25+,26+,27+,28+/m0/s1. The summed E-state index contributed by atoms with van der Waals surface area (Å²) in [6.45, 7) is 4.47. The van der Waals surface area contributed by atoms with E-state index in [0.29, 0.717) is 26.6 Å². The van der Waals surface area contributed by atoms with Crippen molar-refractivity contribution in [3.63, 3.8) is 0 Å². The molecule has 0 spiro atoms. The number of hydrogen-bond donors (Lipinski definition) is 8. The number of hydrogen-bond acceptors (Lipinski definition) is 16. The summed E-state index contributed by atoms with van der Waals surface area (Å²) >= 11 is 0. The molecule has 270 valence electrons. The zero-order chi connectivity index (χ0) is 34.1. The summed E-state index contributed by atoms with van der Waals surface area (Å²) in [5, 5.41) is 64.4. The Hall–Kier alpha value is -1.62. The quantitative estimate of drug-likeness (QED) is 0.0400. The average Bonchev–Trinajstić information content (AvgIpc) is 3.01. The first kappa shape index (κ1) is 40.6. The highest BCUT2D eigenvalue weighted by Crippen LogP contribution is 2.23. The van der Waals surface area contributed by atoms with Gasteiger partial charge in [-0.3, -0.25) is 14.5 Å². The van der Waals surface area contributed by atoms with Gasteiger partial charge in [0.05, 0.1) is 59.6 Å². The van der Waals surface area contributed by atoms with Crippen molar-refractivity contribution in [3.05, 3.63) is 0 Å². The highest BCUT2D eigenvalue weighted by atomic mass is 16.7. The van der Waals surface area contributed by atoms with Crippen molar-refractivity contribution >= 4 is 11.8 Å². The molecule has 0 saturated carbocycles. The molecule has 18 heteroatoms. The number of rotatable bonds is 22. The van der Waals surface area contributed by atoms with E-state index in [4.69, 9.17) is 33.2 Å². The van der Waals surface area contributed by atoms with Gasteiger partial charge in [-0.1, -0.05) is 0 Å². The van der Waals surface area contributed by atoms with Gasteiger partial charge >= 0.3 is 0 Å². The number of ether oxygens (including phenoxy) is 7. The Morgan fingerprint density at radius 3 is 1.54 bits per heavy atom. The summed E-state index contributed by atoms with van der Waals surface area (Å²) in [4.78, 5) is 25.0. The van der Waals surface area contributed by atoms with E-state index in [0.717, 1.165) is 19.4 Å². The fourth-order valence-electron chi connectivity index (χ4n) is 4.86. The van der Waals surface area contributed by atoms with Crippen molar-refractivity contribution < 1.29 is 73.4 Å². The molecule has 4 unspecified atom stereocenters. The van der Waals surface area contributed by atoms with E-state index in [1.165, 1.54) is 13.8 Å². The Balaban J connectivity index is 1.48. The molecule has 10 atom stereocenters. The Labute approximate surface area is 268 Å². The molecule has 0 aromatic rings. The van der Waals surface area contributed by atoms with E-state index in [1.54, 1.807) is 0 Å². The monoisotopic (exact) mass is 671 g/mol. The van der Waals surface area contributed by atoms with Crippen molar-refractivity contribution in [1.29, 1.82) is 0 Å². The topological polar surface area (TPSA) is 247 Å². The van der Waals surface area contributed by atoms with Crippen molar-refractivity contribution in [1.82, 2.24) is 15.5 Å². The van der Waals surface area contributed by atoms with Gasteiger partial charge in [0.1, 0.15) is 48.7 Å². The lowest BCUT2D eigenvalue weighted by molar-refractivity contribution is -0.272. The Kier molecular flexibility index (Phi) is 19.5. The lowest BCUT2D eigenvalue weighted by atomic mass is 9.97. The van der Waals surface area contributed by atoms with Gasteiger partial charge in [-0.05, 0) is 19.9 Å². The molecule has 2 amide bonds. The first-order valence-electron chi connectivity index (χ1n) is 15.4. The molecular formula is C28H53N3O15. The summed E-state index contributed by atoms with van der Waals surface area (Å²) in [6.07, 6.45) is -8.04. The van der Waals surface area contributed by atoms with Crippen LogP contribution in [0.3, 0.4) is 0 Å². The molecule has 46 heavy (non-hydrogen) atoms. The normalized spacial score (nSPS) is 31.6. The molecule has 0 aromatic carbocycles. The van der Waals surface area contributed by atoms with E-state index >= 15 is 0 Å². The first-order chi connectivity index (χ1) is 22.0. The maximum atomic E-state index is 11.5. The number of nitrogens with one attached hydrogen (secondary N) is 2. The maximum absolute atomic E-state index is 11.5. The third-order valence-electron chi connectivity index (χ3n) is 7.28. The van der Waals surface area contributed by atoms with Crippen LogP contribution in [0.4, 0.5) is 0 Å². The zero-order valence-corrected chi connectivity index (χ0v) is 26.8. The Bertz CT molecular complexity index is 795. The maximum Gasteiger partial charge on any atom is 0.217 e. The molecule has 0 radical (unpaired) electrons. The third-order valence-corrected chi connectivity index (χ3v) is 7.28. The van der Waals surface area contributed by atoms with Gasteiger partial charge in [-0.25, -0.2) is 0 Å². The second-order valence-corrected chi connectivity index (χ2v) is 11.2. The molecule has 2 aliphatic heterocycles. The van der Waals surface area contributed by atoms with E-state index in [2.05, 4.69) is 10.6 Å². The van der Waals surface area contributed by atoms with Crippen LogP contribution in [0, 0.1) is 0 Å². The van der Waals surface area contributed by atoms with Crippen molar-refractivity contribution in [2.45, 2.75) is 88.0 Å². The van der Waals surface area contributed by atoms with Crippen LogP contribution in [0.15, 0.2) is 0 Å². The van der Waals surface area contributed by atoms with Crippen LogP contribution in [-0.2, 0) is 42.7 Å². The van der Waals surface area contributed by atoms with Crippen LogP contribution in [0.5, 0.6) is 0 Å². The highest BCUT2D eigenvalue weighted by Gasteiger charge is 2.46. The van der Waals surface area contributed by atoms with E-state index < -0.39 is 86.3 Å². The number of carbonyl (C=O) groups is 2. The minimum Gasteiger partial charge on any atom is -0.394 e. The molecule has 0 aliphatic carbocycles. The van der Waals surface area contributed by atoms with Gasteiger partial charge in [-0.15, -0.1) is 0 Å². The third kappa shape index (κ3) is 13.9. The molecule has 0 bridgehead atoms. The van der Waals surface area contributed by atoms with Crippen LogP contribution in [0.2, 0.25) is 0 Å². The molecule has 2 saturated heterocycles. The van der Waals surface area contributed by atoms with Crippen LogP contribution in [0.25, 0.3) is 0 Å². The second kappa shape index (κ2) is 22.1. The van der Waals surface area contributed by atoms with Crippen LogP contribution in [-0.4, -0.2) is 188 Å². The lowest BCUT2D eigenvalue weighted by Gasteiger charge is -2.42. The zero-order valence-electron chi connectivity index (χ0n) is 26.8. The fraction of sp³-hybridized carbons (Fsp3) is 0.929. The number of aliphatic hydroxyl groups excluding tert-OH is 6. The number of carbonyl (C=O) groups excluding carboxylic acids is 2. The molecule has 2 fully saturated rings. The van der Waals surface area contributed by atoms with Gasteiger partial charge < -0.3 is 74.4 Å². The minimum absolute atomic E-state index is 0.0825. The molecule has 18 nitrogen and oxygen atoms in total. The van der Waals surface area contributed by atoms with E-state index in [1.807, 2.05) is 11.9 Å². The smallest absolute Gasteiger partial charge is 0.217 e. The molecule has 0 aromatic heterocycles. The summed E-state index contributed by atoms with van der Waals surface area (Å²) in [5.74, 6) is -0.857. The number of nitrogens with zero attached hydrogens (tertiary/aromatic N) is 1. The van der Waals surface area contributed by atoms with Crippen LogP contribution >= 0.6 is 0 Å². The van der Waals surface area contributed by atoms with E-state index in [9.17, 15) is 40.2 Å². The van der Waals surface area contributed by atoms with Gasteiger partial charge in [0, 0.05) is 27.0 Å². The molecule has 2 rings (SSSR count).